The fourth-order valence-corrected chi connectivity index (χ4v) is 3.71. The van der Waals surface area contributed by atoms with Crippen LogP contribution >= 0.6 is 0 Å². The summed E-state index contributed by atoms with van der Waals surface area (Å²) in [6.45, 7) is 0. The van der Waals surface area contributed by atoms with E-state index in [-0.39, 0.29) is 5.97 Å². The highest BCUT2D eigenvalue weighted by atomic mass is 16.5. The molecule has 1 fully saturated rings. The number of hydrogen-bond acceptors (Lipinski definition) is 4. The Morgan fingerprint density at radius 3 is 2.85 bits per heavy atom. The number of benzene rings is 2. The molecule has 0 bridgehead atoms. The van der Waals surface area contributed by atoms with Crippen LogP contribution < -0.4 is 4.74 Å². The molecule has 1 aliphatic carbocycles. The van der Waals surface area contributed by atoms with E-state index >= 15 is 0 Å². The van der Waals surface area contributed by atoms with Crippen LogP contribution in [0.1, 0.15) is 37.7 Å². The smallest absolute Gasteiger partial charge is 0.305 e. The van der Waals surface area contributed by atoms with Crippen molar-refractivity contribution in [2.24, 2.45) is 0 Å². The van der Waals surface area contributed by atoms with Gasteiger partial charge >= 0.3 is 5.97 Å². The lowest BCUT2D eigenvalue weighted by atomic mass is 9.98. The Balaban J connectivity index is 1.68. The molecule has 0 radical (unpaired) electrons. The van der Waals surface area contributed by atoms with E-state index in [1.165, 1.54) is 20.0 Å². The van der Waals surface area contributed by atoms with E-state index in [9.17, 15) is 4.79 Å². The molecule has 3 aromatic rings. The predicted molar refractivity (Wildman–Crippen MR) is 105 cm³/mol. The zero-order valence-corrected chi connectivity index (χ0v) is 15.5. The Morgan fingerprint density at radius 2 is 2.04 bits per heavy atom. The second kappa shape index (κ2) is 7.82. The number of hydrogen-bond donors (Lipinski definition) is 1. The van der Waals surface area contributed by atoms with Gasteiger partial charge in [0.25, 0.3) is 0 Å². The van der Waals surface area contributed by atoms with Crippen LogP contribution in [0.4, 0.5) is 0 Å². The number of aryl methyl sites for hydroxylation is 1. The number of carbonyl (C=O) groups excluding carboxylic acids is 1. The van der Waals surface area contributed by atoms with Gasteiger partial charge in [-0.15, -0.1) is 0 Å². The van der Waals surface area contributed by atoms with Gasteiger partial charge in [-0.1, -0.05) is 12.1 Å². The van der Waals surface area contributed by atoms with Crippen LogP contribution in [-0.2, 0) is 16.0 Å². The fraction of sp³-hybridized carbons (Fsp3) is 0.364. The third kappa shape index (κ3) is 3.97. The van der Waals surface area contributed by atoms with Crippen LogP contribution in [0.15, 0.2) is 42.6 Å². The van der Waals surface area contributed by atoms with E-state index in [0.29, 0.717) is 18.9 Å². The van der Waals surface area contributed by atoms with Gasteiger partial charge in [0.1, 0.15) is 5.75 Å². The van der Waals surface area contributed by atoms with Gasteiger partial charge in [0.15, 0.2) is 0 Å². The first-order chi connectivity index (χ1) is 13.2. The zero-order chi connectivity index (χ0) is 18.6. The highest BCUT2D eigenvalue weighted by molar-refractivity contribution is 5.85. The number of methoxy groups -OCH3 is 1. The van der Waals surface area contributed by atoms with Gasteiger partial charge in [-0.3, -0.25) is 9.89 Å². The van der Waals surface area contributed by atoms with Crippen LogP contribution in [0.25, 0.3) is 22.0 Å². The van der Waals surface area contributed by atoms with Crippen molar-refractivity contribution in [1.29, 1.82) is 0 Å². The predicted octanol–water partition coefficient (Wildman–Crippen LogP) is 4.66. The molecule has 0 unspecified atom stereocenters. The maximum atomic E-state index is 11.5. The molecule has 1 N–H and O–H groups in total. The summed E-state index contributed by atoms with van der Waals surface area (Å²) in [5, 5.41) is 8.17. The van der Waals surface area contributed by atoms with Crippen molar-refractivity contribution in [2.75, 3.05) is 7.11 Å². The van der Waals surface area contributed by atoms with Crippen molar-refractivity contribution >= 4 is 16.9 Å². The summed E-state index contributed by atoms with van der Waals surface area (Å²) < 4.78 is 11.1. The fourth-order valence-electron chi connectivity index (χ4n) is 3.71. The molecule has 0 atom stereocenters. The van der Waals surface area contributed by atoms with Crippen LogP contribution in [0.2, 0.25) is 0 Å². The van der Waals surface area contributed by atoms with Gasteiger partial charge in [0.05, 0.1) is 24.9 Å². The van der Waals surface area contributed by atoms with E-state index in [4.69, 9.17) is 9.47 Å². The minimum absolute atomic E-state index is 0.192. The number of H-pyrrole nitrogens is 1. The quantitative estimate of drug-likeness (QED) is 0.646. The maximum absolute atomic E-state index is 11.5. The van der Waals surface area contributed by atoms with E-state index in [2.05, 4.69) is 28.4 Å². The Labute approximate surface area is 158 Å². The molecule has 0 saturated heterocycles. The number of aromatic nitrogens is 2. The third-order valence-electron chi connectivity index (χ3n) is 5.24. The van der Waals surface area contributed by atoms with Crippen LogP contribution in [0.5, 0.6) is 5.75 Å². The van der Waals surface area contributed by atoms with Crippen molar-refractivity contribution in [1.82, 2.24) is 10.2 Å². The standard InChI is InChI=1S/C22H24N2O3/c1-26-22(25)11-7-15-6-10-21(27-18-4-2-3-5-18)19(12-15)16-8-9-20-17(13-16)14-23-24-20/h6,8-10,12-14,18H,2-5,7,11H2,1H3,(H,23,24). The minimum Gasteiger partial charge on any atom is -0.490 e. The lowest BCUT2D eigenvalue weighted by Gasteiger charge is -2.18. The number of fused-ring (bicyclic) bond motifs is 1. The van der Waals surface area contributed by atoms with Gasteiger partial charge in [0, 0.05) is 17.4 Å². The molecule has 0 amide bonds. The van der Waals surface area contributed by atoms with Crippen LogP contribution in [0.3, 0.4) is 0 Å². The molecule has 140 valence electrons. The summed E-state index contributed by atoms with van der Waals surface area (Å²) in [5.74, 6) is 0.717. The van der Waals surface area contributed by atoms with Gasteiger partial charge in [-0.25, -0.2) is 0 Å². The largest absolute Gasteiger partial charge is 0.490 e. The topological polar surface area (TPSA) is 64.2 Å². The summed E-state index contributed by atoms with van der Waals surface area (Å²) in [5.41, 5.74) is 4.27. The van der Waals surface area contributed by atoms with Crippen molar-refractivity contribution < 1.29 is 14.3 Å². The molecule has 27 heavy (non-hydrogen) atoms. The molecular formula is C22H24N2O3. The zero-order valence-electron chi connectivity index (χ0n) is 15.5. The van der Waals surface area contributed by atoms with Crippen molar-refractivity contribution in [3.05, 3.63) is 48.2 Å². The van der Waals surface area contributed by atoms with Crippen molar-refractivity contribution in [3.8, 4) is 16.9 Å². The monoisotopic (exact) mass is 364 g/mol. The number of aromatic amines is 1. The lowest BCUT2D eigenvalue weighted by molar-refractivity contribution is -0.140. The maximum Gasteiger partial charge on any atom is 0.305 e. The number of nitrogens with one attached hydrogen (secondary N) is 1. The summed E-state index contributed by atoms with van der Waals surface area (Å²) >= 11 is 0. The Morgan fingerprint density at radius 1 is 1.19 bits per heavy atom. The minimum atomic E-state index is -0.192. The second-order valence-corrected chi connectivity index (χ2v) is 7.10. The van der Waals surface area contributed by atoms with E-state index in [1.54, 1.807) is 0 Å². The SMILES string of the molecule is COC(=O)CCc1ccc(OC2CCCC2)c(-c2ccc3[nH]ncc3c2)c1. The average molecular weight is 364 g/mol. The normalized spacial score (nSPS) is 14.6. The molecule has 1 saturated carbocycles. The van der Waals surface area contributed by atoms with Crippen molar-refractivity contribution in [2.45, 2.75) is 44.6 Å². The Hall–Kier alpha value is -2.82. The molecule has 5 heteroatoms. The van der Waals surface area contributed by atoms with E-state index < -0.39 is 0 Å². The average Bonchev–Trinajstić information content (AvgIpc) is 3.37. The molecular weight excluding hydrogens is 340 g/mol. The van der Waals surface area contributed by atoms with Gasteiger partial charge in [-0.2, -0.15) is 5.10 Å². The first kappa shape index (κ1) is 17.6. The molecule has 1 aliphatic rings. The van der Waals surface area contributed by atoms with E-state index in [0.717, 1.165) is 46.2 Å². The highest BCUT2D eigenvalue weighted by Gasteiger charge is 2.19. The Kier molecular flexibility index (Phi) is 5.10. The summed E-state index contributed by atoms with van der Waals surface area (Å²) in [6.07, 6.45) is 7.85. The summed E-state index contributed by atoms with van der Waals surface area (Å²) in [7, 11) is 1.42. The molecule has 0 aliphatic heterocycles. The van der Waals surface area contributed by atoms with Crippen molar-refractivity contribution in [3.63, 3.8) is 0 Å². The van der Waals surface area contributed by atoms with E-state index in [1.807, 2.05) is 24.4 Å². The number of esters is 1. The molecule has 5 nitrogen and oxygen atoms in total. The number of rotatable bonds is 6. The Bertz CT molecular complexity index is 942. The molecule has 1 aromatic heterocycles. The first-order valence-corrected chi connectivity index (χ1v) is 9.53. The molecule has 0 spiro atoms. The molecule has 1 heterocycles. The lowest BCUT2D eigenvalue weighted by Crippen LogP contribution is -2.11. The third-order valence-corrected chi connectivity index (χ3v) is 5.24. The number of ether oxygens (including phenoxy) is 2. The molecule has 4 rings (SSSR count). The summed E-state index contributed by atoms with van der Waals surface area (Å²) in [4.78, 5) is 11.5. The van der Waals surface area contributed by atoms with Gasteiger partial charge in [0.2, 0.25) is 0 Å². The second-order valence-electron chi connectivity index (χ2n) is 7.10. The number of carbonyl (C=O) groups is 1. The highest BCUT2D eigenvalue weighted by Crippen LogP contribution is 2.35. The van der Waals surface area contributed by atoms with Gasteiger partial charge < -0.3 is 9.47 Å². The van der Waals surface area contributed by atoms with Crippen LogP contribution in [0, 0.1) is 0 Å². The van der Waals surface area contributed by atoms with Crippen LogP contribution in [-0.4, -0.2) is 29.4 Å². The van der Waals surface area contributed by atoms with Gasteiger partial charge in [-0.05, 0) is 67.5 Å². The first-order valence-electron chi connectivity index (χ1n) is 9.53. The number of nitrogens with zero attached hydrogens (tertiary/aromatic N) is 1. The summed E-state index contributed by atoms with van der Waals surface area (Å²) in [6, 6.07) is 12.5. The molecule has 2 aromatic carbocycles.